The van der Waals surface area contributed by atoms with Crippen LogP contribution in [0.1, 0.15) is 48.0 Å². The number of nitrogens with two attached hydrogens (primary N) is 1. The summed E-state index contributed by atoms with van der Waals surface area (Å²) in [6.07, 6.45) is 3.33. The normalized spacial score (nSPS) is 19.5. The van der Waals surface area contributed by atoms with Gasteiger partial charge in [-0.05, 0) is 51.5 Å². The van der Waals surface area contributed by atoms with Crippen molar-refractivity contribution in [2.24, 2.45) is 11.7 Å². The van der Waals surface area contributed by atoms with Gasteiger partial charge in [-0.3, -0.25) is 0 Å². The Bertz CT molecular complexity index is 378. The van der Waals surface area contributed by atoms with Gasteiger partial charge in [-0.1, -0.05) is 0 Å². The summed E-state index contributed by atoms with van der Waals surface area (Å²) in [4.78, 5) is 0. The van der Waals surface area contributed by atoms with Crippen molar-refractivity contribution in [1.82, 2.24) is 0 Å². The van der Waals surface area contributed by atoms with Gasteiger partial charge >= 0.3 is 0 Å². The molecule has 0 saturated carbocycles. The third-order valence-corrected chi connectivity index (χ3v) is 3.92. The molecule has 96 valence electrons. The highest BCUT2D eigenvalue weighted by Crippen LogP contribution is 2.31. The van der Waals surface area contributed by atoms with Gasteiger partial charge in [0.1, 0.15) is 11.5 Å². The first-order valence-corrected chi connectivity index (χ1v) is 6.49. The van der Waals surface area contributed by atoms with Crippen LogP contribution < -0.4 is 5.73 Å². The zero-order chi connectivity index (χ0) is 12.4. The second kappa shape index (κ2) is 5.23. The molecule has 1 aliphatic heterocycles. The minimum atomic E-state index is 0.107. The summed E-state index contributed by atoms with van der Waals surface area (Å²) in [5, 5.41) is 0. The van der Waals surface area contributed by atoms with E-state index in [-0.39, 0.29) is 6.04 Å². The summed E-state index contributed by atoms with van der Waals surface area (Å²) in [7, 11) is 0. The Hall–Kier alpha value is -0.800. The van der Waals surface area contributed by atoms with E-state index >= 15 is 0 Å². The van der Waals surface area contributed by atoms with Crippen LogP contribution >= 0.6 is 0 Å². The molecule has 3 heteroatoms. The van der Waals surface area contributed by atoms with Gasteiger partial charge in [0, 0.05) is 24.8 Å². The lowest BCUT2D eigenvalue weighted by atomic mass is 9.88. The second-order valence-corrected chi connectivity index (χ2v) is 5.15. The molecule has 0 aromatic carbocycles. The SMILES string of the molecule is Cc1oc(C)c(C(N)CC2CCOCC2)c1C. The zero-order valence-corrected chi connectivity index (χ0v) is 11.1. The van der Waals surface area contributed by atoms with Crippen LogP contribution in [0, 0.1) is 26.7 Å². The predicted octanol–water partition coefficient (Wildman–Crippen LogP) is 3.02. The Morgan fingerprint density at radius 1 is 1.18 bits per heavy atom. The smallest absolute Gasteiger partial charge is 0.106 e. The van der Waals surface area contributed by atoms with E-state index in [1.54, 1.807) is 0 Å². The van der Waals surface area contributed by atoms with Crippen molar-refractivity contribution in [3.63, 3.8) is 0 Å². The van der Waals surface area contributed by atoms with Gasteiger partial charge in [-0.2, -0.15) is 0 Å². The molecule has 1 atom stereocenters. The molecule has 0 radical (unpaired) electrons. The molecule has 2 N–H and O–H groups in total. The van der Waals surface area contributed by atoms with Crippen molar-refractivity contribution in [3.8, 4) is 0 Å². The summed E-state index contributed by atoms with van der Waals surface area (Å²) >= 11 is 0. The average Bonchev–Trinajstić information content (AvgIpc) is 2.54. The lowest BCUT2D eigenvalue weighted by molar-refractivity contribution is 0.0618. The molecule has 0 aliphatic carbocycles. The third-order valence-electron chi connectivity index (χ3n) is 3.92. The van der Waals surface area contributed by atoms with Gasteiger partial charge in [0.05, 0.1) is 0 Å². The largest absolute Gasteiger partial charge is 0.466 e. The molecule has 3 nitrogen and oxygen atoms in total. The van der Waals surface area contributed by atoms with Crippen LogP contribution in [-0.2, 0) is 4.74 Å². The molecule has 2 heterocycles. The maximum absolute atomic E-state index is 6.34. The summed E-state index contributed by atoms with van der Waals surface area (Å²) in [5.74, 6) is 2.69. The molecular weight excluding hydrogens is 214 g/mol. The Morgan fingerprint density at radius 3 is 2.35 bits per heavy atom. The average molecular weight is 237 g/mol. The Labute approximate surface area is 103 Å². The fourth-order valence-electron chi connectivity index (χ4n) is 2.81. The summed E-state index contributed by atoms with van der Waals surface area (Å²) in [5.41, 5.74) is 8.78. The van der Waals surface area contributed by atoms with E-state index in [2.05, 4.69) is 6.92 Å². The molecule has 1 aromatic rings. The standard InChI is InChI=1S/C14H23NO2/c1-9-10(2)17-11(3)14(9)13(15)8-12-4-6-16-7-5-12/h12-13H,4-8,15H2,1-3H3. The highest BCUT2D eigenvalue weighted by Gasteiger charge is 2.22. The van der Waals surface area contributed by atoms with Gasteiger partial charge in [0.15, 0.2) is 0 Å². The highest BCUT2D eigenvalue weighted by molar-refractivity contribution is 5.34. The number of ether oxygens (including phenoxy) is 1. The molecule has 1 fully saturated rings. The highest BCUT2D eigenvalue weighted by atomic mass is 16.5. The molecule has 1 unspecified atom stereocenters. The third kappa shape index (κ3) is 2.72. The molecule has 0 bridgehead atoms. The van der Waals surface area contributed by atoms with Crippen molar-refractivity contribution in [3.05, 3.63) is 22.6 Å². The number of rotatable bonds is 3. The summed E-state index contributed by atoms with van der Waals surface area (Å²) < 4.78 is 11.0. The monoisotopic (exact) mass is 237 g/mol. The predicted molar refractivity (Wildman–Crippen MR) is 68.0 cm³/mol. The van der Waals surface area contributed by atoms with Gasteiger partial charge in [0.25, 0.3) is 0 Å². The van der Waals surface area contributed by atoms with Crippen LogP contribution in [0.5, 0.6) is 0 Å². The maximum atomic E-state index is 6.34. The lowest BCUT2D eigenvalue weighted by Gasteiger charge is -2.25. The van der Waals surface area contributed by atoms with Gasteiger partial charge < -0.3 is 14.9 Å². The van der Waals surface area contributed by atoms with Crippen LogP contribution in [0.3, 0.4) is 0 Å². The molecular formula is C14H23NO2. The van der Waals surface area contributed by atoms with Gasteiger partial charge in [-0.15, -0.1) is 0 Å². The van der Waals surface area contributed by atoms with E-state index in [0.717, 1.165) is 44.0 Å². The van der Waals surface area contributed by atoms with E-state index in [1.165, 1.54) is 11.1 Å². The first-order chi connectivity index (χ1) is 8.09. The Balaban J connectivity index is 2.05. The summed E-state index contributed by atoms with van der Waals surface area (Å²) in [6, 6.07) is 0.107. The van der Waals surface area contributed by atoms with Crippen molar-refractivity contribution in [2.75, 3.05) is 13.2 Å². The molecule has 1 aromatic heterocycles. The number of hydrogen-bond acceptors (Lipinski definition) is 3. The van der Waals surface area contributed by atoms with Gasteiger partial charge in [-0.25, -0.2) is 0 Å². The van der Waals surface area contributed by atoms with E-state index in [4.69, 9.17) is 14.9 Å². The van der Waals surface area contributed by atoms with Crippen LogP contribution in [0.25, 0.3) is 0 Å². The zero-order valence-electron chi connectivity index (χ0n) is 11.1. The fraction of sp³-hybridized carbons (Fsp3) is 0.714. The topological polar surface area (TPSA) is 48.4 Å². The van der Waals surface area contributed by atoms with E-state index < -0.39 is 0 Å². The van der Waals surface area contributed by atoms with E-state index in [9.17, 15) is 0 Å². The van der Waals surface area contributed by atoms with Crippen molar-refractivity contribution >= 4 is 0 Å². The summed E-state index contributed by atoms with van der Waals surface area (Å²) in [6.45, 7) is 7.90. The van der Waals surface area contributed by atoms with Crippen LogP contribution in [0.15, 0.2) is 4.42 Å². The number of hydrogen-bond donors (Lipinski definition) is 1. The minimum Gasteiger partial charge on any atom is -0.466 e. The molecule has 2 rings (SSSR count). The molecule has 0 spiro atoms. The van der Waals surface area contributed by atoms with Gasteiger partial charge in [0.2, 0.25) is 0 Å². The van der Waals surface area contributed by atoms with Crippen molar-refractivity contribution < 1.29 is 9.15 Å². The maximum Gasteiger partial charge on any atom is 0.106 e. The Morgan fingerprint density at radius 2 is 1.82 bits per heavy atom. The molecule has 0 amide bonds. The quantitative estimate of drug-likeness (QED) is 0.879. The van der Waals surface area contributed by atoms with Crippen LogP contribution in [-0.4, -0.2) is 13.2 Å². The van der Waals surface area contributed by atoms with Crippen molar-refractivity contribution in [2.45, 2.75) is 46.1 Å². The lowest BCUT2D eigenvalue weighted by Crippen LogP contribution is -2.22. The number of furan rings is 1. The van der Waals surface area contributed by atoms with Crippen LogP contribution in [0.2, 0.25) is 0 Å². The van der Waals surface area contributed by atoms with Crippen molar-refractivity contribution in [1.29, 1.82) is 0 Å². The second-order valence-electron chi connectivity index (χ2n) is 5.15. The first-order valence-electron chi connectivity index (χ1n) is 6.49. The fourth-order valence-corrected chi connectivity index (χ4v) is 2.81. The first kappa shape index (κ1) is 12.7. The van der Waals surface area contributed by atoms with E-state index in [0.29, 0.717) is 5.92 Å². The minimum absolute atomic E-state index is 0.107. The van der Waals surface area contributed by atoms with E-state index in [1.807, 2.05) is 13.8 Å². The Kier molecular flexibility index (Phi) is 3.89. The molecule has 17 heavy (non-hydrogen) atoms. The number of aryl methyl sites for hydroxylation is 2. The molecule has 1 saturated heterocycles. The molecule has 1 aliphatic rings. The van der Waals surface area contributed by atoms with Crippen LogP contribution in [0.4, 0.5) is 0 Å².